The number of rotatable bonds is 5. The third-order valence-corrected chi connectivity index (χ3v) is 3.64. The van der Waals surface area contributed by atoms with Gasteiger partial charge >= 0.3 is 7.12 Å². The zero-order chi connectivity index (χ0) is 13.7. The van der Waals surface area contributed by atoms with Gasteiger partial charge in [0.25, 0.3) is 0 Å². The number of allylic oxidation sites excluding steroid dienone is 1. The molecule has 0 aromatic carbocycles. The fourth-order valence-electron chi connectivity index (χ4n) is 2.42. The Kier molecular flexibility index (Phi) is 5.26. The summed E-state index contributed by atoms with van der Waals surface area (Å²) < 4.78 is 11.0. The first kappa shape index (κ1) is 14.4. The summed E-state index contributed by atoms with van der Waals surface area (Å²) in [6.07, 6.45) is 6.71. The molecule has 5 heteroatoms. The van der Waals surface area contributed by atoms with Crippen molar-refractivity contribution in [1.29, 1.82) is 0 Å². The maximum Gasteiger partial charge on any atom is 0.459 e. The Hall–Kier alpha value is -1.03. The van der Waals surface area contributed by atoms with Crippen LogP contribution in [0.25, 0.3) is 0 Å². The molecular formula is C14H22BNO3. The second kappa shape index (κ2) is 6.95. The van der Waals surface area contributed by atoms with Gasteiger partial charge in [0.05, 0.1) is 13.2 Å². The third kappa shape index (κ3) is 4.24. The summed E-state index contributed by atoms with van der Waals surface area (Å²) in [5, 5.41) is 3.15. The van der Waals surface area contributed by atoms with Gasteiger partial charge in [-0.15, -0.1) is 5.73 Å². The molecule has 2 aliphatic rings. The van der Waals surface area contributed by atoms with E-state index in [1.54, 1.807) is 0 Å². The van der Waals surface area contributed by atoms with E-state index in [2.05, 4.69) is 11.0 Å². The topological polar surface area (TPSA) is 47.6 Å². The predicted octanol–water partition coefficient (Wildman–Crippen LogP) is 1.78. The summed E-state index contributed by atoms with van der Waals surface area (Å²) in [6.45, 7) is 5.13. The lowest BCUT2D eigenvalue weighted by Crippen LogP contribution is -2.44. The van der Waals surface area contributed by atoms with Crippen LogP contribution in [0.2, 0.25) is 6.32 Å². The molecule has 0 saturated carbocycles. The van der Waals surface area contributed by atoms with E-state index >= 15 is 0 Å². The average molecular weight is 263 g/mol. The molecule has 1 amide bonds. The second-order valence-electron chi connectivity index (χ2n) is 5.48. The molecule has 0 bridgehead atoms. The van der Waals surface area contributed by atoms with Gasteiger partial charge in [0, 0.05) is 18.3 Å². The van der Waals surface area contributed by atoms with Crippen LogP contribution in [0.4, 0.5) is 0 Å². The van der Waals surface area contributed by atoms with Crippen LogP contribution in [-0.4, -0.2) is 32.3 Å². The van der Waals surface area contributed by atoms with E-state index in [1.807, 2.05) is 26.0 Å². The number of nitrogens with one attached hydrogen (secondary N) is 1. The van der Waals surface area contributed by atoms with E-state index in [9.17, 15) is 4.79 Å². The lowest BCUT2D eigenvalue weighted by molar-refractivity contribution is -0.124. The summed E-state index contributed by atoms with van der Waals surface area (Å²) in [7, 11) is -0.174. The highest BCUT2D eigenvalue weighted by atomic mass is 16.6. The lowest BCUT2D eigenvalue weighted by atomic mass is 9.74. The molecule has 1 unspecified atom stereocenters. The van der Waals surface area contributed by atoms with Gasteiger partial charge in [-0.25, -0.2) is 0 Å². The molecule has 1 N–H and O–H groups in total. The highest BCUT2D eigenvalue weighted by Crippen LogP contribution is 2.23. The van der Waals surface area contributed by atoms with Crippen molar-refractivity contribution in [3.8, 4) is 0 Å². The molecule has 19 heavy (non-hydrogen) atoms. The van der Waals surface area contributed by atoms with Crippen LogP contribution in [0.3, 0.4) is 0 Å². The van der Waals surface area contributed by atoms with Crippen molar-refractivity contribution >= 4 is 13.0 Å². The van der Waals surface area contributed by atoms with E-state index in [4.69, 9.17) is 9.31 Å². The van der Waals surface area contributed by atoms with Gasteiger partial charge in [-0.2, -0.15) is 0 Å². The van der Waals surface area contributed by atoms with Crippen LogP contribution in [0, 0.1) is 11.8 Å². The summed E-state index contributed by atoms with van der Waals surface area (Å²) in [5.74, 6) is 0.515. The third-order valence-electron chi connectivity index (χ3n) is 3.64. The predicted molar refractivity (Wildman–Crippen MR) is 74.6 cm³/mol. The van der Waals surface area contributed by atoms with Crippen LogP contribution in [0.5, 0.6) is 0 Å². The quantitative estimate of drug-likeness (QED) is 0.607. The smallest absolute Gasteiger partial charge is 0.409 e. The molecule has 0 radical (unpaired) electrons. The lowest BCUT2D eigenvalue weighted by Gasteiger charge is -2.28. The van der Waals surface area contributed by atoms with Crippen LogP contribution in [0.1, 0.15) is 26.7 Å². The zero-order valence-corrected chi connectivity index (χ0v) is 11.7. The normalized spacial score (nSPS) is 21.1. The largest absolute Gasteiger partial charge is 0.459 e. The molecule has 1 fully saturated rings. The molecule has 0 aromatic heterocycles. The number of hydrogen-bond donors (Lipinski definition) is 1. The maximum absolute atomic E-state index is 11.9. The second-order valence-corrected chi connectivity index (χ2v) is 5.48. The van der Waals surface area contributed by atoms with E-state index in [1.165, 1.54) is 0 Å². The first-order valence-corrected chi connectivity index (χ1v) is 7.10. The highest BCUT2D eigenvalue weighted by molar-refractivity contribution is 6.45. The summed E-state index contributed by atoms with van der Waals surface area (Å²) in [5.41, 5.74) is 3.11. The minimum absolute atomic E-state index is 0.00240. The van der Waals surface area contributed by atoms with Gasteiger partial charge < -0.3 is 14.6 Å². The minimum atomic E-state index is -0.174. The Bertz CT molecular complexity index is 361. The molecule has 0 aromatic rings. The molecule has 2 rings (SSSR count). The Labute approximate surface area is 115 Å². The van der Waals surface area contributed by atoms with Crippen LogP contribution in [-0.2, 0) is 14.1 Å². The van der Waals surface area contributed by atoms with Crippen molar-refractivity contribution < 1.29 is 14.1 Å². The zero-order valence-electron chi connectivity index (χ0n) is 11.7. The average Bonchev–Trinajstić information content (AvgIpc) is 2.91. The van der Waals surface area contributed by atoms with Crippen LogP contribution >= 0.6 is 0 Å². The molecule has 104 valence electrons. The Balaban J connectivity index is 1.95. The van der Waals surface area contributed by atoms with Gasteiger partial charge in [0.1, 0.15) is 0 Å². The summed E-state index contributed by atoms with van der Waals surface area (Å²) in [4.78, 5) is 11.9. The molecule has 1 atom stereocenters. The summed E-state index contributed by atoms with van der Waals surface area (Å²) in [6, 6.07) is 0.104. The van der Waals surface area contributed by atoms with Crippen molar-refractivity contribution in [1.82, 2.24) is 5.32 Å². The van der Waals surface area contributed by atoms with Gasteiger partial charge in [-0.05, 0) is 30.9 Å². The van der Waals surface area contributed by atoms with Gasteiger partial charge in [-0.1, -0.05) is 13.8 Å². The molecule has 1 heterocycles. The molecule has 0 spiro atoms. The van der Waals surface area contributed by atoms with Crippen molar-refractivity contribution in [3.05, 3.63) is 17.9 Å². The van der Waals surface area contributed by atoms with E-state index < -0.39 is 0 Å². The van der Waals surface area contributed by atoms with E-state index in [-0.39, 0.29) is 25.0 Å². The fraction of sp³-hybridized carbons (Fsp3) is 0.714. The van der Waals surface area contributed by atoms with E-state index in [0.29, 0.717) is 19.1 Å². The fourth-order valence-corrected chi connectivity index (χ4v) is 2.42. The number of amides is 1. The Morgan fingerprint density at radius 1 is 1.37 bits per heavy atom. The maximum atomic E-state index is 11.9. The number of carbonyl (C=O) groups excluding carboxylic acids is 1. The monoisotopic (exact) mass is 263 g/mol. The van der Waals surface area contributed by atoms with Crippen molar-refractivity contribution in [2.24, 2.45) is 11.8 Å². The molecule has 1 saturated heterocycles. The summed E-state index contributed by atoms with van der Waals surface area (Å²) >= 11 is 0. The van der Waals surface area contributed by atoms with Gasteiger partial charge in [-0.3, -0.25) is 4.79 Å². The van der Waals surface area contributed by atoms with E-state index in [0.717, 1.165) is 19.2 Å². The van der Waals surface area contributed by atoms with Crippen molar-refractivity contribution in [2.45, 2.75) is 39.1 Å². The Morgan fingerprint density at radius 2 is 2.00 bits per heavy atom. The van der Waals surface area contributed by atoms with Gasteiger partial charge in [0.2, 0.25) is 5.91 Å². The molecule has 4 nitrogen and oxygen atoms in total. The first-order chi connectivity index (χ1) is 9.16. The SMILES string of the molecule is CC(C)C(=O)NC(CB1OCCO1)C1CC=C=CC1. The van der Waals surface area contributed by atoms with Crippen LogP contribution < -0.4 is 5.32 Å². The number of carbonyl (C=O) groups is 1. The molecular weight excluding hydrogens is 241 g/mol. The van der Waals surface area contributed by atoms with Gasteiger partial charge in [0.15, 0.2) is 0 Å². The van der Waals surface area contributed by atoms with Crippen LogP contribution in [0.15, 0.2) is 17.9 Å². The highest BCUT2D eigenvalue weighted by Gasteiger charge is 2.32. The minimum Gasteiger partial charge on any atom is -0.409 e. The standard InChI is InChI=1S/C14H22BNO3/c1-11(2)14(17)16-13(10-15-18-8-9-19-15)12-6-4-3-5-7-12/h4-5,11-13H,6-10H2,1-2H3,(H,16,17). The molecule has 1 aliphatic carbocycles. The van der Waals surface area contributed by atoms with Crippen molar-refractivity contribution in [3.63, 3.8) is 0 Å². The Morgan fingerprint density at radius 3 is 2.58 bits per heavy atom. The number of hydrogen-bond acceptors (Lipinski definition) is 3. The van der Waals surface area contributed by atoms with Crippen molar-refractivity contribution in [2.75, 3.05) is 13.2 Å². The first-order valence-electron chi connectivity index (χ1n) is 7.10. The molecule has 1 aliphatic heterocycles.